The van der Waals surface area contributed by atoms with Crippen molar-refractivity contribution in [3.63, 3.8) is 0 Å². The van der Waals surface area contributed by atoms with E-state index < -0.39 is 12.1 Å². The van der Waals surface area contributed by atoms with Crippen LogP contribution in [-0.2, 0) is 9.53 Å². The van der Waals surface area contributed by atoms with Gasteiger partial charge in [-0.2, -0.15) is 0 Å². The Morgan fingerprint density at radius 2 is 2.16 bits per heavy atom. The summed E-state index contributed by atoms with van der Waals surface area (Å²) in [6.07, 6.45) is 0.502. The molecule has 19 heavy (non-hydrogen) atoms. The lowest BCUT2D eigenvalue weighted by Crippen LogP contribution is -2.43. The molecule has 1 fully saturated rings. The molecule has 3 atom stereocenters. The van der Waals surface area contributed by atoms with Crippen LogP contribution in [0.1, 0.15) is 24.9 Å². The number of hydrogen-bond donors (Lipinski definition) is 2. The van der Waals surface area contributed by atoms with Gasteiger partial charge in [0, 0.05) is 6.61 Å². The molecule has 0 radical (unpaired) electrons. The van der Waals surface area contributed by atoms with Gasteiger partial charge >= 0.3 is 0 Å². The summed E-state index contributed by atoms with van der Waals surface area (Å²) in [5.41, 5.74) is 6.61. The van der Waals surface area contributed by atoms with Crippen molar-refractivity contribution in [2.75, 3.05) is 6.61 Å². The topological polar surface area (TPSA) is 64.3 Å². The minimum Gasteiger partial charge on any atom is -0.391 e. The van der Waals surface area contributed by atoms with E-state index in [9.17, 15) is 4.79 Å². The maximum Gasteiger partial charge on any atom is 0.250 e. The summed E-state index contributed by atoms with van der Waals surface area (Å²) in [7, 11) is 0. The quantitative estimate of drug-likeness (QED) is 0.820. The average molecular weight is 278 g/mol. The minimum absolute atomic E-state index is 0.147. The van der Waals surface area contributed by atoms with Gasteiger partial charge in [-0.3, -0.25) is 4.79 Å². The first-order valence-corrected chi connectivity index (χ1v) is 6.76. The van der Waals surface area contributed by atoms with Crippen LogP contribution < -0.4 is 11.1 Å². The number of benzene rings is 1. The number of rotatable bonds is 4. The van der Waals surface area contributed by atoms with Crippen LogP contribution in [0.2, 0.25) is 0 Å². The zero-order chi connectivity index (χ0) is 13.8. The molecule has 2 rings (SSSR count). The Balaban J connectivity index is 2.09. The van der Waals surface area contributed by atoms with E-state index in [0.29, 0.717) is 6.61 Å². The van der Waals surface area contributed by atoms with Crippen LogP contribution in [0.3, 0.4) is 0 Å². The Morgan fingerprint density at radius 3 is 2.68 bits per heavy atom. The summed E-state index contributed by atoms with van der Waals surface area (Å²) in [5.74, 6) is 0.0782. The van der Waals surface area contributed by atoms with Gasteiger partial charge < -0.3 is 15.8 Å². The second-order valence-electron chi connectivity index (χ2n) is 4.81. The molecule has 5 heteroatoms. The molecule has 3 unspecified atom stereocenters. The Morgan fingerprint density at radius 1 is 1.47 bits per heavy atom. The number of carbonyl (C=O) groups excluding carboxylic acids is 1. The first-order chi connectivity index (χ1) is 9.09. The third-order valence-electron chi connectivity index (χ3n) is 3.35. The molecule has 1 amide bonds. The lowest BCUT2D eigenvalue weighted by molar-refractivity contribution is -0.131. The van der Waals surface area contributed by atoms with E-state index in [4.69, 9.17) is 22.7 Å². The Hall–Kier alpha value is -1.46. The van der Waals surface area contributed by atoms with Crippen LogP contribution in [0.25, 0.3) is 0 Å². The normalized spacial score (nSPS) is 23.8. The van der Waals surface area contributed by atoms with Crippen molar-refractivity contribution in [1.29, 1.82) is 0 Å². The molecule has 0 spiro atoms. The predicted molar refractivity (Wildman–Crippen MR) is 77.6 cm³/mol. The molecular weight excluding hydrogens is 260 g/mol. The SMILES string of the molecule is CC1CCOC1C(=O)NC(C(N)=S)c1ccccc1. The van der Waals surface area contributed by atoms with Gasteiger partial charge in [0.05, 0.1) is 0 Å². The number of carbonyl (C=O) groups is 1. The number of ether oxygens (including phenoxy) is 1. The molecule has 1 aliphatic rings. The number of thiocarbonyl (C=S) groups is 1. The van der Waals surface area contributed by atoms with Crippen molar-refractivity contribution in [3.8, 4) is 0 Å². The fourth-order valence-electron chi connectivity index (χ4n) is 2.22. The zero-order valence-electron chi connectivity index (χ0n) is 10.8. The fraction of sp³-hybridized carbons (Fsp3) is 0.429. The number of amides is 1. The van der Waals surface area contributed by atoms with Crippen molar-refractivity contribution in [1.82, 2.24) is 5.32 Å². The molecule has 1 heterocycles. The molecule has 1 aromatic rings. The second kappa shape index (κ2) is 6.12. The number of hydrogen-bond acceptors (Lipinski definition) is 3. The van der Waals surface area contributed by atoms with Crippen LogP contribution >= 0.6 is 12.2 Å². The molecule has 1 aliphatic heterocycles. The number of nitrogens with two attached hydrogens (primary N) is 1. The average Bonchev–Trinajstić information content (AvgIpc) is 2.82. The summed E-state index contributed by atoms with van der Waals surface area (Å²) in [5, 5.41) is 2.87. The van der Waals surface area contributed by atoms with Crippen LogP contribution in [0, 0.1) is 5.92 Å². The van der Waals surface area contributed by atoms with E-state index in [-0.39, 0.29) is 16.8 Å². The summed E-state index contributed by atoms with van der Waals surface area (Å²) in [6.45, 7) is 2.64. The highest BCUT2D eigenvalue weighted by molar-refractivity contribution is 7.80. The van der Waals surface area contributed by atoms with Crippen LogP contribution in [0.4, 0.5) is 0 Å². The molecule has 0 aliphatic carbocycles. The predicted octanol–water partition coefficient (Wildman–Crippen LogP) is 1.55. The molecule has 0 bridgehead atoms. The summed E-state index contributed by atoms with van der Waals surface area (Å²) < 4.78 is 5.45. The highest BCUT2D eigenvalue weighted by atomic mass is 32.1. The van der Waals surface area contributed by atoms with E-state index in [1.54, 1.807) is 0 Å². The first kappa shape index (κ1) is 14.0. The first-order valence-electron chi connectivity index (χ1n) is 6.36. The highest BCUT2D eigenvalue weighted by Gasteiger charge is 2.32. The van der Waals surface area contributed by atoms with Gasteiger partial charge in [0.2, 0.25) is 5.91 Å². The van der Waals surface area contributed by atoms with Crippen molar-refractivity contribution >= 4 is 23.1 Å². The molecule has 3 N–H and O–H groups in total. The third kappa shape index (κ3) is 3.30. The Bertz CT molecular complexity index is 464. The van der Waals surface area contributed by atoms with E-state index >= 15 is 0 Å². The minimum atomic E-state index is -0.444. The van der Waals surface area contributed by atoms with Gasteiger partial charge in [-0.1, -0.05) is 49.5 Å². The van der Waals surface area contributed by atoms with E-state index in [2.05, 4.69) is 5.32 Å². The molecule has 102 valence electrons. The monoisotopic (exact) mass is 278 g/mol. The maximum absolute atomic E-state index is 12.2. The van der Waals surface area contributed by atoms with Crippen molar-refractivity contribution in [2.45, 2.75) is 25.5 Å². The van der Waals surface area contributed by atoms with Gasteiger partial charge in [-0.25, -0.2) is 0 Å². The highest BCUT2D eigenvalue weighted by Crippen LogP contribution is 2.21. The van der Waals surface area contributed by atoms with E-state index in [1.165, 1.54) is 0 Å². The third-order valence-corrected chi connectivity index (χ3v) is 3.59. The largest absolute Gasteiger partial charge is 0.391 e. The Labute approximate surface area is 118 Å². The standard InChI is InChI=1S/C14H18N2O2S/c1-9-7-8-18-12(9)14(17)16-11(13(15)19)10-5-3-2-4-6-10/h2-6,9,11-12H,7-8H2,1H3,(H2,15,19)(H,16,17). The van der Waals surface area contributed by atoms with Gasteiger partial charge in [-0.15, -0.1) is 0 Å². The lowest BCUT2D eigenvalue weighted by atomic mass is 10.0. The lowest BCUT2D eigenvalue weighted by Gasteiger charge is -2.21. The molecule has 4 nitrogen and oxygen atoms in total. The molecule has 1 aromatic carbocycles. The fourth-order valence-corrected chi connectivity index (χ4v) is 2.41. The summed E-state index contributed by atoms with van der Waals surface area (Å²) >= 11 is 5.04. The van der Waals surface area contributed by atoms with Crippen molar-refractivity contribution < 1.29 is 9.53 Å². The van der Waals surface area contributed by atoms with Crippen LogP contribution in [0.5, 0.6) is 0 Å². The van der Waals surface area contributed by atoms with Gasteiger partial charge in [0.25, 0.3) is 0 Å². The van der Waals surface area contributed by atoms with Gasteiger partial charge in [0.15, 0.2) is 0 Å². The molecule has 0 aromatic heterocycles. The second-order valence-corrected chi connectivity index (χ2v) is 5.28. The molecule has 0 saturated carbocycles. The van der Waals surface area contributed by atoms with Gasteiger partial charge in [0.1, 0.15) is 17.1 Å². The molecular formula is C14H18N2O2S. The smallest absolute Gasteiger partial charge is 0.250 e. The van der Waals surface area contributed by atoms with Crippen LogP contribution in [0.15, 0.2) is 30.3 Å². The number of nitrogens with one attached hydrogen (secondary N) is 1. The van der Waals surface area contributed by atoms with E-state index in [1.807, 2.05) is 37.3 Å². The van der Waals surface area contributed by atoms with Crippen molar-refractivity contribution in [2.24, 2.45) is 11.7 Å². The Kier molecular flexibility index (Phi) is 4.50. The summed E-state index contributed by atoms with van der Waals surface area (Å²) in [4.78, 5) is 12.4. The van der Waals surface area contributed by atoms with Gasteiger partial charge in [-0.05, 0) is 17.9 Å². The maximum atomic E-state index is 12.2. The van der Waals surface area contributed by atoms with Crippen LogP contribution in [-0.4, -0.2) is 23.6 Å². The van der Waals surface area contributed by atoms with E-state index in [0.717, 1.165) is 12.0 Å². The summed E-state index contributed by atoms with van der Waals surface area (Å²) in [6, 6.07) is 9.03. The zero-order valence-corrected chi connectivity index (χ0v) is 11.7. The molecule has 1 saturated heterocycles. The van der Waals surface area contributed by atoms with Crippen molar-refractivity contribution in [3.05, 3.63) is 35.9 Å².